The molecule has 2 fully saturated rings. The summed E-state index contributed by atoms with van der Waals surface area (Å²) >= 11 is 0. The lowest BCUT2D eigenvalue weighted by Crippen LogP contribution is -2.52. The van der Waals surface area contributed by atoms with Crippen LogP contribution in [0.5, 0.6) is 11.5 Å². The first kappa shape index (κ1) is 34.5. The monoisotopic (exact) mass is 708 g/mol. The number of hydrogen-bond donors (Lipinski definition) is 2. The van der Waals surface area contributed by atoms with Crippen LogP contribution < -0.4 is 15.0 Å². The first-order chi connectivity index (χ1) is 25.9. The van der Waals surface area contributed by atoms with Crippen LogP contribution in [0.15, 0.2) is 91.0 Å². The molecule has 2 N–H and O–H groups in total. The minimum absolute atomic E-state index is 0.134. The highest BCUT2D eigenvalue weighted by Gasteiger charge is 2.39. The molecule has 8 rings (SSSR count). The molecule has 4 aliphatic rings. The highest BCUT2D eigenvalue weighted by Crippen LogP contribution is 2.47. The van der Waals surface area contributed by atoms with Crippen molar-refractivity contribution < 1.29 is 24.2 Å². The molecule has 0 aromatic heterocycles. The van der Waals surface area contributed by atoms with Crippen LogP contribution in [0, 0.1) is 11.8 Å². The van der Waals surface area contributed by atoms with Crippen LogP contribution in [0.25, 0.3) is 0 Å². The Morgan fingerprint density at radius 1 is 0.849 bits per heavy atom. The smallest absolute Gasteiger partial charge is 0.255 e. The van der Waals surface area contributed by atoms with Gasteiger partial charge in [-0.2, -0.15) is 0 Å². The van der Waals surface area contributed by atoms with Crippen molar-refractivity contribution >= 4 is 23.4 Å². The van der Waals surface area contributed by atoms with Gasteiger partial charge in [-0.25, -0.2) is 0 Å². The average molecular weight is 709 g/mol. The third kappa shape index (κ3) is 7.37. The van der Waals surface area contributed by atoms with Gasteiger partial charge in [0.25, 0.3) is 5.91 Å². The number of nitrogens with zero attached hydrogens (tertiary/aromatic N) is 3. The Bertz CT molecular complexity index is 2060. The van der Waals surface area contributed by atoms with Crippen LogP contribution in [0.2, 0.25) is 0 Å². The first-order valence-electron chi connectivity index (χ1n) is 18.8. The van der Waals surface area contributed by atoms with E-state index in [-0.39, 0.29) is 35.8 Å². The van der Waals surface area contributed by atoms with Crippen LogP contribution in [-0.2, 0) is 16.1 Å². The van der Waals surface area contributed by atoms with Gasteiger partial charge in [-0.15, -0.1) is 0 Å². The molecule has 2 unspecified atom stereocenters. The summed E-state index contributed by atoms with van der Waals surface area (Å²) in [6, 6.07) is 30.1. The summed E-state index contributed by atoms with van der Waals surface area (Å²) in [5.41, 5.74) is 7.22. The number of benzene rings is 4. The Balaban J connectivity index is 0.805. The number of imide groups is 1. The fourth-order valence-electron chi connectivity index (χ4n) is 8.29. The predicted octanol–water partition coefficient (Wildman–Crippen LogP) is 5.81. The Kier molecular flexibility index (Phi) is 9.88. The minimum Gasteiger partial charge on any atom is -0.508 e. The molecule has 0 radical (unpaired) electrons. The van der Waals surface area contributed by atoms with Gasteiger partial charge in [0, 0.05) is 85.8 Å². The average Bonchev–Trinajstić information content (AvgIpc) is 3.51. The van der Waals surface area contributed by atoms with Crippen molar-refractivity contribution in [2.75, 3.05) is 44.2 Å². The van der Waals surface area contributed by atoms with Gasteiger partial charge in [0.2, 0.25) is 11.8 Å². The van der Waals surface area contributed by atoms with Crippen molar-refractivity contribution in [1.29, 1.82) is 0 Å². The molecule has 3 amide bonds. The summed E-state index contributed by atoms with van der Waals surface area (Å²) in [6.45, 7) is 6.04. The zero-order valence-corrected chi connectivity index (χ0v) is 29.8. The molecule has 9 heteroatoms. The number of anilines is 1. The zero-order chi connectivity index (χ0) is 36.3. The Morgan fingerprint density at radius 3 is 2.45 bits per heavy atom. The highest BCUT2D eigenvalue weighted by molar-refractivity contribution is 6.05. The molecule has 0 aliphatic carbocycles. The standard InChI is InChI=1S/C44H44N4O5/c49-35-16-18-37-40(27-35)53-29-38(31-9-5-3-6-10-31)42(37)32-12-14-34(15-13-32)47-24-22-46(23-25-47)21-7-2-1-4-8-30-11-17-36-33(26-30)28-48(44(36)52)39-19-20-41(50)45-43(39)51/h3,5-6,9-18,26-27,38-39,42,49H,1-2,7,19-25,28-29H2,(H,45,50,51)/t38?,39?,42-/m1/s1. The lowest BCUT2D eigenvalue weighted by molar-refractivity contribution is -0.136. The molecule has 0 spiro atoms. The van der Waals surface area contributed by atoms with E-state index in [1.54, 1.807) is 23.1 Å². The maximum atomic E-state index is 13.0. The SMILES string of the molecule is O=C1CCC(N2Cc3cc(C#CCCCCN4CCN(c5ccc([C@@H]6c7ccc(O)cc7OCC6c6ccccc6)cc5)CC4)ccc3C2=O)C(=O)N1. The normalized spacial score (nSPS) is 21.3. The number of fused-ring (bicyclic) bond motifs is 2. The van der Waals surface area contributed by atoms with E-state index in [2.05, 4.69) is 75.5 Å². The Labute approximate surface area is 310 Å². The molecule has 4 aliphatic heterocycles. The molecular weight excluding hydrogens is 665 g/mol. The molecule has 3 atom stereocenters. The quantitative estimate of drug-likeness (QED) is 0.136. The summed E-state index contributed by atoms with van der Waals surface area (Å²) in [5, 5.41) is 12.5. The largest absolute Gasteiger partial charge is 0.508 e. The number of carbonyl (C=O) groups is 3. The number of piperazine rings is 1. The minimum atomic E-state index is -0.606. The topological polar surface area (TPSA) is 102 Å². The lowest BCUT2D eigenvalue weighted by Gasteiger charge is -2.37. The molecular formula is C44H44N4O5. The molecule has 0 saturated carbocycles. The lowest BCUT2D eigenvalue weighted by atomic mass is 9.76. The number of hydrogen-bond acceptors (Lipinski definition) is 7. The summed E-state index contributed by atoms with van der Waals surface area (Å²) in [5.74, 6) is 7.03. The number of aromatic hydroxyl groups is 1. The van der Waals surface area contributed by atoms with E-state index in [1.807, 2.05) is 24.3 Å². The van der Waals surface area contributed by atoms with E-state index in [9.17, 15) is 19.5 Å². The summed E-state index contributed by atoms with van der Waals surface area (Å²) in [7, 11) is 0. The molecule has 4 heterocycles. The molecule has 2 saturated heterocycles. The van der Waals surface area contributed by atoms with Gasteiger partial charge in [-0.1, -0.05) is 60.4 Å². The molecule has 0 bridgehead atoms. The maximum Gasteiger partial charge on any atom is 0.255 e. The number of unbranched alkanes of at least 4 members (excludes halogenated alkanes) is 2. The Morgan fingerprint density at radius 2 is 1.66 bits per heavy atom. The maximum absolute atomic E-state index is 13.0. The van der Waals surface area contributed by atoms with E-state index in [4.69, 9.17) is 4.74 Å². The van der Waals surface area contributed by atoms with Crippen molar-refractivity contribution in [1.82, 2.24) is 15.1 Å². The number of carbonyl (C=O) groups excluding carboxylic acids is 3. The van der Waals surface area contributed by atoms with E-state index in [0.717, 1.165) is 74.4 Å². The number of phenols is 1. The second-order valence-corrected chi connectivity index (χ2v) is 14.5. The van der Waals surface area contributed by atoms with Gasteiger partial charge in [0.15, 0.2) is 0 Å². The van der Waals surface area contributed by atoms with Crippen LogP contribution in [0.1, 0.15) is 82.1 Å². The number of phenolic OH excluding ortho intramolecular Hbond substituents is 1. The second kappa shape index (κ2) is 15.2. The fraction of sp³-hybridized carbons (Fsp3) is 0.341. The van der Waals surface area contributed by atoms with Crippen LogP contribution in [0.3, 0.4) is 0 Å². The molecule has 9 nitrogen and oxygen atoms in total. The van der Waals surface area contributed by atoms with Crippen molar-refractivity contribution in [3.05, 3.63) is 124 Å². The van der Waals surface area contributed by atoms with Gasteiger partial charge >= 0.3 is 0 Å². The molecule has 270 valence electrons. The highest BCUT2D eigenvalue weighted by atomic mass is 16.5. The summed E-state index contributed by atoms with van der Waals surface area (Å²) in [4.78, 5) is 43.4. The van der Waals surface area contributed by atoms with Crippen molar-refractivity contribution in [2.45, 2.75) is 56.5 Å². The van der Waals surface area contributed by atoms with Gasteiger partial charge in [0.1, 0.15) is 17.5 Å². The second-order valence-electron chi connectivity index (χ2n) is 14.5. The van der Waals surface area contributed by atoms with Gasteiger partial charge in [-0.05, 0) is 78.9 Å². The van der Waals surface area contributed by atoms with E-state index >= 15 is 0 Å². The predicted molar refractivity (Wildman–Crippen MR) is 203 cm³/mol. The summed E-state index contributed by atoms with van der Waals surface area (Å²) in [6.07, 6.45) is 3.54. The van der Waals surface area contributed by atoms with Gasteiger partial charge < -0.3 is 19.6 Å². The number of nitrogens with one attached hydrogen (secondary N) is 1. The third-order valence-electron chi connectivity index (χ3n) is 11.2. The number of rotatable bonds is 8. The Hall–Kier alpha value is -5.59. The molecule has 53 heavy (non-hydrogen) atoms. The number of piperidine rings is 1. The van der Waals surface area contributed by atoms with E-state index in [0.29, 0.717) is 25.1 Å². The molecule has 4 aromatic carbocycles. The third-order valence-corrected chi connectivity index (χ3v) is 11.2. The van der Waals surface area contributed by atoms with E-state index < -0.39 is 11.9 Å². The van der Waals surface area contributed by atoms with Gasteiger partial charge in [-0.3, -0.25) is 24.6 Å². The van der Waals surface area contributed by atoms with Crippen molar-refractivity contribution in [3.8, 4) is 23.3 Å². The molecule has 4 aromatic rings. The van der Waals surface area contributed by atoms with Crippen LogP contribution in [-0.4, -0.2) is 78.0 Å². The number of ether oxygens (including phenoxy) is 1. The number of amides is 3. The van der Waals surface area contributed by atoms with Crippen LogP contribution >= 0.6 is 0 Å². The van der Waals surface area contributed by atoms with Crippen molar-refractivity contribution in [2.24, 2.45) is 0 Å². The van der Waals surface area contributed by atoms with E-state index in [1.165, 1.54) is 16.8 Å². The fourth-order valence-corrected chi connectivity index (χ4v) is 8.29. The zero-order valence-electron chi connectivity index (χ0n) is 29.8. The van der Waals surface area contributed by atoms with Crippen LogP contribution in [0.4, 0.5) is 5.69 Å². The van der Waals surface area contributed by atoms with Crippen molar-refractivity contribution in [3.63, 3.8) is 0 Å². The summed E-state index contributed by atoms with van der Waals surface area (Å²) < 4.78 is 6.15. The first-order valence-corrected chi connectivity index (χ1v) is 18.8. The van der Waals surface area contributed by atoms with Gasteiger partial charge in [0.05, 0.1) is 6.61 Å².